The molecule has 0 heterocycles. The van der Waals surface area contributed by atoms with Crippen LogP contribution in [0.25, 0.3) is 0 Å². The molecule has 0 amide bonds. The molecule has 4 rings (SSSR count). The molecule has 5 nitrogen and oxygen atoms in total. The van der Waals surface area contributed by atoms with Gasteiger partial charge in [0.15, 0.2) is 5.78 Å². The van der Waals surface area contributed by atoms with E-state index in [-0.39, 0.29) is 41.0 Å². The van der Waals surface area contributed by atoms with Crippen LogP contribution in [-0.2, 0) is 4.79 Å². The number of aliphatic hydroxyl groups is 4. The minimum absolute atomic E-state index is 0.00385. The van der Waals surface area contributed by atoms with E-state index in [1.54, 1.807) is 6.08 Å². The number of carbonyl (C=O) groups is 1. The average molecular weight is 449 g/mol. The van der Waals surface area contributed by atoms with Gasteiger partial charge in [0.05, 0.1) is 23.9 Å². The van der Waals surface area contributed by atoms with Crippen molar-refractivity contribution >= 4 is 5.78 Å². The summed E-state index contributed by atoms with van der Waals surface area (Å²) in [6, 6.07) is 0. The van der Waals surface area contributed by atoms with Gasteiger partial charge < -0.3 is 20.4 Å². The van der Waals surface area contributed by atoms with Crippen LogP contribution in [0.1, 0.15) is 86.0 Å². The molecular weight excluding hydrogens is 404 g/mol. The molecule has 4 aliphatic carbocycles. The Kier molecular flexibility index (Phi) is 6.23. The van der Waals surface area contributed by atoms with Gasteiger partial charge in [0, 0.05) is 11.3 Å². The van der Waals surface area contributed by atoms with Gasteiger partial charge in [-0.15, -0.1) is 0 Å². The minimum Gasteiger partial charge on any atom is -0.393 e. The Hall–Kier alpha value is -0.750. The Morgan fingerprint density at radius 3 is 2.38 bits per heavy atom. The first-order valence-corrected chi connectivity index (χ1v) is 12.9. The topological polar surface area (TPSA) is 98.0 Å². The highest BCUT2D eigenvalue weighted by Crippen LogP contribution is 2.68. The largest absolute Gasteiger partial charge is 0.393 e. The van der Waals surface area contributed by atoms with Gasteiger partial charge in [-0.3, -0.25) is 4.79 Å². The van der Waals surface area contributed by atoms with Gasteiger partial charge in [-0.25, -0.2) is 0 Å². The Bertz CT molecular complexity index is 776. The quantitative estimate of drug-likeness (QED) is 0.515. The third kappa shape index (κ3) is 3.45. The molecule has 4 N–H and O–H groups in total. The molecule has 0 aromatic heterocycles. The van der Waals surface area contributed by atoms with Crippen molar-refractivity contribution < 1.29 is 25.2 Å². The lowest BCUT2D eigenvalue weighted by Crippen LogP contribution is -2.61. The maximum absolute atomic E-state index is 13.2. The molecule has 0 aliphatic heterocycles. The van der Waals surface area contributed by atoms with Crippen LogP contribution >= 0.6 is 0 Å². The van der Waals surface area contributed by atoms with E-state index in [0.717, 1.165) is 37.7 Å². The van der Waals surface area contributed by atoms with Crippen molar-refractivity contribution in [2.45, 2.75) is 110 Å². The first-order chi connectivity index (χ1) is 14.8. The van der Waals surface area contributed by atoms with Crippen molar-refractivity contribution in [2.75, 3.05) is 0 Å². The van der Waals surface area contributed by atoms with Gasteiger partial charge in [0.1, 0.15) is 0 Å². The molecule has 5 heteroatoms. The zero-order valence-corrected chi connectivity index (χ0v) is 20.6. The first kappa shape index (κ1) is 24.4. The third-order valence-electron chi connectivity index (χ3n) is 10.5. The molecule has 0 aromatic carbocycles. The molecule has 0 bridgehead atoms. The summed E-state index contributed by atoms with van der Waals surface area (Å²) in [5.74, 6) is 0.604. The summed E-state index contributed by atoms with van der Waals surface area (Å²) < 4.78 is 0. The molecule has 0 radical (unpaired) electrons. The number of fused-ring (bicyclic) bond motifs is 5. The van der Waals surface area contributed by atoms with Crippen molar-refractivity contribution in [1.29, 1.82) is 0 Å². The molecule has 2 unspecified atom stereocenters. The van der Waals surface area contributed by atoms with Gasteiger partial charge in [-0.05, 0) is 92.1 Å². The van der Waals surface area contributed by atoms with Crippen molar-refractivity contribution in [3.8, 4) is 0 Å². The highest BCUT2D eigenvalue weighted by atomic mass is 16.3. The zero-order chi connectivity index (χ0) is 23.6. The third-order valence-corrected chi connectivity index (χ3v) is 10.5. The van der Waals surface area contributed by atoms with Crippen LogP contribution in [0.4, 0.5) is 0 Å². The van der Waals surface area contributed by atoms with Gasteiger partial charge >= 0.3 is 0 Å². The first-order valence-electron chi connectivity index (χ1n) is 12.9. The van der Waals surface area contributed by atoms with Gasteiger partial charge in [0.25, 0.3) is 0 Å². The predicted molar refractivity (Wildman–Crippen MR) is 124 cm³/mol. The van der Waals surface area contributed by atoms with E-state index in [2.05, 4.69) is 34.6 Å². The van der Waals surface area contributed by atoms with E-state index in [1.807, 2.05) is 0 Å². The SMILES string of the molecule is CC(C)CC[C@@H](O)[C@@H](C)C1CC[C@@]2(O)C3=CC(=O)[C@@H]4C[C@@H](O)[C@@H](O)C[C@]4(C)C3CC[C@]12C. The molecule has 4 aliphatic rings. The maximum Gasteiger partial charge on any atom is 0.159 e. The van der Waals surface area contributed by atoms with Gasteiger partial charge in [-0.2, -0.15) is 0 Å². The number of ketones is 1. The number of aliphatic hydroxyl groups excluding tert-OH is 3. The molecule has 0 saturated heterocycles. The van der Waals surface area contributed by atoms with E-state index in [9.17, 15) is 25.2 Å². The lowest BCUT2D eigenvalue weighted by Gasteiger charge is -2.60. The van der Waals surface area contributed by atoms with Crippen LogP contribution in [0.2, 0.25) is 0 Å². The van der Waals surface area contributed by atoms with E-state index in [1.165, 1.54) is 0 Å². The summed E-state index contributed by atoms with van der Waals surface area (Å²) in [5, 5.41) is 43.8. The summed E-state index contributed by atoms with van der Waals surface area (Å²) in [7, 11) is 0. The molecule has 32 heavy (non-hydrogen) atoms. The van der Waals surface area contributed by atoms with Crippen LogP contribution in [0.3, 0.4) is 0 Å². The molecule has 0 spiro atoms. The van der Waals surface area contributed by atoms with Crippen molar-refractivity contribution in [1.82, 2.24) is 0 Å². The number of rotatable bonds is 5. The summed E-state index contributed by atoms with van der Waals surface area (Å²) in [4.78, 5) is 13.2. The Morgan fingerprint density at radius 1 is 1.03 bits per heavy atom. The smallest absolute Gasteiger partial charge is 0.159 e. The van der Waals surface area contributed by atoms with Crippen LogP contribution in [0.5, 0.6) is 0 Å². The standard InChI is InChI=1S/C27H44O5/c1-15(2)6-7-21(28)16(3)17-9-11-27(32)19-12-22(29)20-13-23(30)24(31)14-25(20,4)18(19)8-10-26(17,27)5/h12,15-18,20-21,23-24,28,30-32H,6-11,13-14H2,1-5H3/t16-,17?,18?,20-,21+,23+,24-,25+,26+,27+/m0/s1. The second-order valence-electron chi connectivity index (χ2n) is 12.5. The normalized spacial score (nSPS) is 48.0. The fourth-order valence-corrected chi connectivity index (χ4v) is 8.29. The number of allylic oxidation sites excluding steroid dienone is 1. The molecule has 182 valence electrons. The number of hydrogen-bond donors (Lipinski definition) is 4. The van der Waals surface area contributed by atoms with Gasteiger partial charge in [0.2, 0.25) is 0 Å². The van der Waals surface area contributed by atoms with E-state index < -0.39 is 23.2 Å². The van der Waals surface area contributed by atoms with Gasteiger partial charge in [-0.1, -0.05) is 34.6 Å². The average Bonchev–Trinajstić information content (AvgIpc) is 2.99. The molecular formula is C27H44O5. The van der Waals surface area contributed by atoms with E-state index in [0.29, 0.717) is 25.2 Å². The Morgan fingerprint density at radius 2 is 1.72 bits per heavy atom. The highest BCUT2D eigenvalue weighted by Gasteiger charge is 2.67. The molecule has 0 aromatic rings. The van der Waals surface area contributed by atoms with Crippen molar-refractivity contribution in [3.63, 3.8) is 0 Å². The summed E-state index contributed by atoms with van der Waals surface area (Å²) in [6.45, 7) is 10.7. The number of carbonyl (C=O) groups excluding carboxylic acids is 1. The second kappa shape index (κ2) is 8.18. The lowest BCUT2D eigenvalue weighted by atomic mass is 9.46. The highest BCUT2D eigenvalue weighted by molar-refractivity contribution is 5.95. The number of hydrogen-bond acceptors (Lipinski definition) is 5. The zero-order valence-electron chi connectivity index (χ0n) is 20.6. The maximum atomic E-state index is 13.2. The van der Waals surface area contributed by atoms with Crippen LogP contribution in [0, 0.1) is 40.4 Å². The summed E-state index contributed by atoms with van der Waals surface area (Å²) in [5.41, 5.74) is -0.983. The van der Waals surface area contributed by atoms with Crippen LogP contribution in [0.15, 0.2) is 11.6 Å². The summed E-state index contributed by atoms with van der Waals surface area (Å²) in [6.07, 6.45) is 5.34. The van der Waals surface area contributed by atoms with Crippen LogP contribution < -0.4 is 0 Å². The predicted octanol–water partition coefficient (Wildman–Crippen LogP) is 3.62. The summed E-state index contributed by atoms with van der Waals surface area (Å²) >= 11 is 0. The van der Waals surface area contributed by atoms with Crippen LogP contribution in [-0.4, -0.2) is 50.1 Å². The Labute approximate surface area is 193 Å². The molecule has 10 atom stereocenters. The van der Waals surface area contributed by atoms with E-state index in [4.69, 9.17) is 0 Å². The van der Waals surface area contributed by atoms with Crippen molar-refractivity contribution in [2.24, 2.45) is 40.4 Å². The minimum atomic E-state index is -1.04. The monoisotopic (exact) mass is 448 g/mol. The fraction of sp³-hybridized carbons (Fsp3) is 0.889. The van der Waals surface area contributed by atoms with E-state index >= 15 is 0 Å². The molecule has 3 saturated carbocycles. The lowest BCUT2D eigenvalue weighted by molar-refractivity contribution is -0.154. The van der Waals surface area contributed by atoms with Crippen molar-refractivity contribution in [3.05, 3.63) is 11.6 Å². The fourth-order valence-electron chi connectivity index (χ4n) is 8.29. The Balaban J connectivity index is 1.64. The second-order valence-corrected chi connectivity index (χ2v) is 12.5. The molecule has 3 fully saturated rings.